The van der Waals surface area contributed by atoms with E-state index in [1.807, 2.05) is 0 Å². The van der Waals surface area contributed by atoms with E-state index in [0.717, 1.165) is 100 Å². The molecule has 2 fully saturated rings. The van der Waals surface area contributed by atoms with Gasteiger partial charge in [-0.1, -0.05) is 0 Å². The zero-order valence-corrected chi connectivity index (χ0v) is 36.3. The Balaban J connectivity index is 1.03. The fourth-order valence-corrected chi connectivity index (χ4v) is 11.6. The molecule has 0 aromatic heterocycles. The van der Waals surface area contributed by atoms with Crippen molar-refractivity contribution in [2.75, 3.05) is 13.2 Å². The van der Waals surface area contributed by atoms with Crippen molar-refractivity contribution in [3.63, 3.8) is 0 Å². The van der Waals surface area contributed by atoms with E-state index in [0.29, 0.717) is 13.2 Å². The highest BCUT2D eigenvalue weighted by Crippen LogP contribution is 2.33. The van der Waals surface area contributed by atoms with Crippen molar-refractivity contribution in [2.24, 2.45) is 0 Å². The number of hydrogen-bond donors (Lipinski definition) is 0. The van der Waals surface area contributed by atoms with Crippen LogP contribution in [0.1, 0.15) is 49.7 Å². The fraction of sp³-hybridized carbons (Fsp3) is 0.333. The summed E-state index contributed by atoms with van der Waals surface area (Å²) in [6.45, 7) is 2.39. The average Bonchev–Trinajstić information content (AvgIpc) is 3.08. The second kappa shape index (κ2) is 18.2. The van der Waals surface area contributed by atoms with Crippen molar-refractivity contribution in [1.29, 1.82) is 0 Å². The molecule has 6 rings (SSSR count). The first kappa shape index (κ1) is 36.4. The van der Waals surface area contributed by atoms with E-state index in [1.165, 1.54) is 7.14 Å². The molecule has 248 valence electrons. The van der Waals surface area contributed by atoms with Crippen LogP contribution in [-0.4, -0.2) is 25.8 Å². The Morgan fingerprint density at radius 2 is 1.00 bits per heavy atom. The van der Waals surface area contributed by atoms with Crippen molar-refractivity contribution >= 4 is 90.4 Å². The van der Waals surface area contributed by atoms with Crippen molar-refractivity contribution in [2.45, 2.75) is 64.3 Å². The first-order chi connectivity index (χ1) is 22.9. The zero-order valence-electron chi connectivity index (χ0n) is 25.5. The predicted molar refractivity (Wildman–Crippen MR) is 211 cm³/mol. The molecule has 11 heteroatoms. The van der Waals surface area contributed by atoms with Crippen LogP contribution in [0, 0.1) is 21.4 Å². The van der Waals surface area contributed by atoms with Crippen LogP contribution in [-0.2, 0) is 22.7 Å². The summed E-state index contributed by atoms with van der Waals surface area (Å²) in [6, 6.07) is 25.5. The molecule has 0 N–H and O–H groups in total. The van der Waals surface area contributed by atoms with Gasteiger partial charge < -0.3 is 28.4 Å². The maximum Gasteiger partial charge on any atom is 0.357 e. The summed E-state index contributed by atoms with van der Waals surface area (Å²) >= 11 is 9.05. The number of hydrogen-bond acceptors (Lipinski definition) is 6. The van der Waals surface area contributed by atoms with Gasteiger partial charge in [0.25, 0.3) is 0 Å². The minimum Gasteiger partial charge on any atom is -0.489 e. The van der Waals surface area contributed by atoms with Gasteiger partial charge >= 0.3 is 21.2 Å². The van der Waals surface area contributed by atoms with Gasteiger partial charge in [-0.3, -0.25) is 0 Å². The van der Waals surface area contributed by atoms with Crippen LogP contribution in [0.4, 0.5) is 0 Å². The molecule has 2 saturated heterocycles. The van der Waals surface area contributed by atoms with Gasteiger partial charge in [0.05, 0.1) is 20.4 Å². The van der Waals surface area contributed by atoms with Crippen LogP contribution in [0.25, 0.3) is 0 Å². The third kappa shape index (κ3) is 10.8. The van der Waals surface area contributed by atoms with E-state index in [1.54, 1.807) is 0 Å². The summed E-state index contributed by atoms with van der Waals surface area (Å²) in [7, 11) is 0. The molecular formula is C36H34I5O6+. The van der Waals surface area contributed by atoms with E-state index in [4.69, 9.17) is 28.4 Å². The van der Waals surface area contributed by atoms with Gasteiger partial charge in [-0.2, -0.15) is 0 Å². The minimum absolute atomic E-state index is 0.189. The van der Waals surface area contributed by atoms with Gasteiger partial charge in [-0.15, -0.1) is 0 Å². The van der Waals surface area contributed by atoms with Crippen LogP contribution in [0.3, 0.4) is 0 Å². The summed E-state index contributed by atoms with van der Waals surface area (Å²) < 4.78 is 43.9. The Morgan fingerprint density at radius 1 is 0.574 bits per heavy atom. The van der Waals surface area contributed by atoms with Crippen LogP contribution in [0.2, 0.25) is 0 Å². The van der Waals surface area contributed by atoms with E-state index >= 15 is 0 Å². The van der Waals surface area contributed by atoms with E-state index in [2.05, 4.69) is 163 Å². The van der Waals surface area contributed by atoms with Crippen molar-refractivity contribution in [3.05, 3.63) is 105 Å². The normalized spacial score (nSPS) is 18.0. The SMILES string of the molecule is Ic1cc(I)c(OC2CCCCO2)c(COc2ccc([I+]c3ccc(OCc4cc(I)cc(I)c4OC4CCCCO4)cc3)cc2)c1. The Labute approximate surface area is 341 Å². The molecule has 2 aliphatic heterocycles. The largest absolute Gasteiger partial charge is 0.489 e. The summed E-state index contributed by atoms with van der Waals surface area (Å²) in [5.41, 5.74) is 2.07. The molecule has 0 spiro atoms. The Hall–Kier alpha value is -0.350. The van der Waals surface area contributed by atoms with Crippen LogP contribution >= 0.6 is 90.4 Å². The molecule has 2 unspecified atom stereocenters. The second-order valence-electron chi connectivity index (χ2n) is 11.2. The quantitative estimate of drug-likeness (QED) is 0.140. The lowest BCUT2D eigenvalue weighted by Gasteiger charge is -2.25. The molecule has 2 aliphatic rings. The predicted octanol–water partition coefficient (Wildman–Crippen LogP) is 7.20. The third-order valence-electron chi connectivity index (χ3n) is 7.58. The lowest BCUT2D eigenvalue weighted by molar-refractivity contribution is -0.597. The maximum atomic E-state index is 6.31. The van der Waals surface area contributed by atoms with E-state index in [-0.39, 0.29) is 33.8 Å². The van der Waals surface area contributed by atoms with Crippen molar-refractivity contribution < 1.29 is 49.6 Å². The number of benzene rings is 4. The molecule has 0 saturated carbocycles. The monoisotopic (exact) mass is 1200 g/mol. The summed E-state index contributed by atoms with van der Waals surface area (Å²) in [5, 5.41) is 0. The van der Waals surface area contributed by atoms with Crippen molar-refractivity contribution in [1.82, 2.24) is 0 Å². The molecule has 4 aromatic rings. The molecule has 4 aromatic carbocycles. The smallest absolute Gasteiger partial charge is 0.357 e. The molecule has 47 heavy (non-hydrogen) atoms. The lowest BCUT2D eigenvalue weighted by atomic mass is 10.2. The van der Waals surface area contributed by atoms with Crippen LogP contribution in [0.5, 0.6) is 23.0 Å². The fourth-order valence-electron chi connectivity index (χ4n) is 5.21. The highest BCUT2D eigenvalue weighted by molar-refractivity contribution is 14.1. The number of halogens is 5. The molecule has 2 atom stereocenters. The van der Waals surface area contributed by atoms with Crippen molar-refractivity contribution in [3.8, 4) is 23.0 Å². The van der Waals surface area contributed by atoms with Gasteiger partial charge in [0, 0.05) is 31.1 Å². The Bertz CT molecular complexity index is 1500. The molecule has 0 aliphatic carbocycles. The Morgan fingerprint density at radius 3 is 1.38 bits per heavy atom. The molecular weight excluding hydrogens is 1160 g/mol. The summed E-state index contributed by atoms with van der Waals surface area (Å²) in [4.78, 5) is 0. The molecule has 6 nitrogen and oxygen atoms in total. The first-order valence-corrected chi connectivity index (χ1v) is 22.0. The maximum absolute atomic E-state index is 6.31. The molecule has 0 amide bonds. The molecule has 2 heterocycles. The lowest BCUT2D eigenvalue weighted by Crippen LogP contribution is -3.61. The highest BCUT2D eigenvalue weighted by atomic mass is 127. The van der Waals surface area contributed by atoms with E-state index < -0.39 is 0 Å². The molecule has 0 bridgehead atoms. The minimum atomic E-state index is -0.338. The first-order valence-electron chi connectivity index (χ1n) is 15.5. The molecule has 0 radical (unpaired) electrons. The standard InChI is InChI=1S/C36H34I5O6/c37-25-17-23(35(31(39)19-25)46-33-5-1-3-15-42-33)21-44-29-11-7-27(8-12-29)41-28-9-13-30(14-10-28)45-22-24-18-26(38)20-32(40)36(24)47-34-6-2-4-16-43-34/h7-14,17-20,33-34H,1-6,15-16,21-22H2/q+1. The average molecular weight is 1200 g/mol. The summed E-state index contributed by atoms with van der Waals surface area (Å²) in [5.74, 6) is 3.42. The van der Waals surface area contributed by atoms with Gasteiger partial charge in [0.2, 0.25) is 0 Å². The van der Waals surface area contributed by atoms with Gasteiger partial charge in [0.1, 0.15) is 36.2 Å². The topological polar surface area (TPSA) is 55.4 Å². The van der Waals surface area contributed by atoms with Crippen LogP contribution < -0.4 is 40.2 Å². The van der Waals surface area contributed by atoms with E-state index in [9.17, 15) is 0 Å². The second-order valence-corrected chi connectivity index (χ2v) is 19.0. The van der Waals surface area contributed by atoms with Gasteiger partial charge in [-0.05, 0) is 189 Å². The van der Waals surface area contributed by atoms with Gasteiger partial charge in [0.15, 0.2) is 19.7 Å². The highest BCUT2D eigenvalue weighted by Gasteiger charge is 2.22. The van der Waals surface area contributed by atoms with Crippen LogP contribution in [0.15, 0.2) is 72.8 Å². The third-order valence-corrected chi connectivity index (χ3v) is 13.1. The Kier molecular flexibility index (Phi) is 14.1. The number of ether oxygens (including phenoxy) is 6. The summed E-state index contributed by atoms with van der Waals surface area (Å²) in [6.07, 6.45) is 5.91. The van der Waals surface area contributed by atoms with Gasteiger partial charge in [-0.25, -0.2) is 0 Å². The zero-order chi connectivity index (χ0) is 32.6. The number of rotatable bonds is 12.